The molecule has 2 N–H and O–H groups in total. The summed E-state index contributed by atoms with van der Waals surface area (Å²) in [4.78, 5) is 14.2. The van der Waals surface area contributed by atoms with Crippen LogP contribution in [0.15, 0.2) is 18.2 Å². The molecule has 18 heavy (non-hydrogen) atoms. The number of halogens is 1. The van der Waals surface area contributed by atoms with Gasteiger partial charge in [0, 0.05) is 18.7 Å². The third-order valence-electron chi connectivity index (χ3n) is 3.52. The monoisotopic (exact) mass is 266 g/mol. The van der Waals surface area contributed by atoms with Crippen LogP contribution < -0.4 is 5.73 Å². The number of amides is 1. The van der Waals surface area contributed by atoms with Gasteiger partial charge in [0.1, 0.15) is 0 Å². The summed E-state index contributed by atoms with van der Waals surface area (Å²) >= 11 is 5.95. The second kappa shape index (κ2) is 5.61. The van der Waals surface area contributed by atoms with Gasteiger partial charge in [-0.3, -0.25) is 4.79 Å². The van der Waals surface area contributed by atoms with Gasteiger partial charge in [0.15, 0.2) is 0 Å². The molecule has 98 valence electrons. The van der Waals surface area contributed by atoms with Crippen molar-refractivity contribution in [1.82, 2.24) is 4.90 Å². The van der Waals surface area contributed by atoms with Gasteiger partial charge in [-0.1, -0.05) is 24.9 Å². The smallest absolute Gasteiger partial charge is 0.253 e. The largest absolute Gasteiger partial charge is 0.398 e. The van der Waals surface area contributed by atoms with Crippen LogP contribution in [-0.2, 0) is 0 Å². The third kappa shape index (κ3) is 2.78. The lowest BCUT2D eigenvalue weighted by Crippen LogP contribution is -2.28. The lowest BCUT2D eigenvalue weighted by atomic mass is 10.0. The summed E-state index contributed by atoms with van der Waals surface area (Å²) in [5.74, 6) is 0.721. The van der Waals surface area contributed by atoms with Crippen molar-refractivity contribution < 1.29 is 4.79 Å². The zero-order valence-corrected chi connectivity index (χ0v) is 11.4. The van der Waals surface area contributed by atoms with E-state index in [1.54, 1.807) is 18.2 Å². The number of likely N-dealkylation sites (tertiary alicyclic amines) is 1. The van der Waals surface area contributed by atoms with Gasteiger partial charge in [0.25, 0.3) is 5.91 Å². The minimum atomic E-state index is 0.0653. The Balaban J connectivity index is 2.05. The van der Waals surface area contributed by atoms with E-state index < -0.39 is 0 Å². The predicted molar refractivity (Wildman–Crippen MR) is 74.8 cm³/mol. The van der Waals surface area contributed by atoms with Crippen LogP contribution in [0, 0.1) is 5.92 Å². The molecule has 0 aromatic heterocycles. The molecule has 0 bridgehead atoms. The molecule has 1 atom stereocenters. The number of hydrogen-bond donors (Lipinski definition) is 1. The molecule has 0 aliphatic carbocycles. The average Bonchev–Trinajstić information content (AvgIpc) is 2.81. The molecule has 1 aliphatic heterocycles. The predicted octanol–water partition coefficient (Wildman–Crippen LogP) is 3.18. The molecule has 1 heterocycles. The van der Waals surface area contributed by atoms with Crippen LogP contribution in [0.25, 0.3) is 0 Å². The van der Waals surface area contributed by atoms with E-state index in [0.717, 1.165) is 19.5 Å². The Morgan fingerprint density at radius 1 is 1.56 bits per heavy atom. The van der Waals surface area contributed by atoms with Gasteiger partial charge in [0.2, 0.25) is 0 Å². The van der Waals surface area contributed by atoms with E-state index in [-0.39, 0.29) is 5.91 Å². The number of nitrogens with zero attached hydrogens (tertiary/aromatic N) is 1. The minimum absolute atomic E-state index is 0.0653. The van der Waals surface area contributed by atoms with E-state index in [9.17, 15) is 4.79 Å². The van der Waals surface area contributed by atoms with Crippen LogP contribution >= 0.6 is 11.6 Å². The van der Waals surface area contributed by atoms with E-state index in [1.165, 1.54) is 12.8 Å². The SMILES string of the molecule is CCCC1CCN(C(=O)c2ccc(N)c(Cl)c2)C1. The van der Waals surface area contributed by atoms with Crippen molar-refractivity contribution in [1.29, 1.82) is 0 Å². The summed E-state index contributed by atoms with van der Waals surface area (Å²) in [5, 5.41) is 0.449. The van der Waals surface area contributed by atoms with Gasteiger partial charge in [-0.15, -0.1) is 0 Å². The molecule has 1 aromatic carbocycles. The summed E-state index contributed by atoms with van der Waals surface area (Å²) in [6.07, 6.45) is 3.49. The molecular formula is C14H19ClN2O. The highest BCUT2D eigenvalue weighted by Gasteiger charge is 2.26. The molecule has 1 aromatic rings. The van der Waals surface area contributed by atoms with E-state index in [2.05, 4.69) is 6.92 Å². The van der Waals surface area contributed by atoms with Gasteiger partial charge < -0.3 is 10.6 Å². The first-order valence-corrected chi connectivity index (χ1v) is 6.84. The number of hydrogen-bond acceptors (Lipinski definition) is 2. The summed E-state index contributed by atoms with van der Waals surface area (Å²) in [6, 6.07) is 5.10. The minimum Gasteiger partial charge on any atom is -0.398 e. The highest BCUT2D eigenvalue weighted by Crippen LogP contribution is 2.25. The Bertz CT molecular complexity index is 447. The van der Waals surface area contributed by atoms with Crippen LogP contribution in [0.3, 0.4) is 0 Å². The third-order valence-corrected chi connectivity index (χ3v) is 3.84. The molecular weight excluding hydrogens is 248 g/mol. The van der Waals surface area contributed by atoms with E-state index in [0.29, 0.717) is 22.2 Å². The molecule has 1 unspecified atom stereocenters. The Kier molecular flexibility index (Phi) is 4.12. The summed E-state index contributed by atoms with van der Waals surface area (Å²) in [5.41, 5.74) is 6.79. The van der Waals surface area contributed by atoms with Crippen LogP contribution in [0.4, 0.5) is 5.69 Å². The molecule has 2 rings (SSSR count). The molecule has 1 amide bonds. The zero-order chi connectivity index (χ0) is 13.1. The fourth-order valence-corrected chi connectivity index (χ4v) is 2.68. The van der Waals surface area contributed by atoms with Gasteiger partial charge in [0.05, 0.1) is 10.7 Å². The molecule has 0 spiro atoms. The van der Waals surface area contributed by atoms with Crippen LogP contribution in [-0.4, -0.2) is 23.9 Å². The van der Waals surface area contributed by atoms with Crippen LogP contribution in [0.5, 0.6) is 0 Å². The van der Waals surface area contributed by atoms with Crippen molar-refractivity contribution >= 4 is 23.2 Å². The number of nitrogens with two attached hydrogens (primary N) is 1. The standard InChI is InChI=1S/C14H19ClN2O/c1-2-3-10-6-7-17(9-10)14(18)11-4-5-13(16)12(15)8-11/h4-5,8,10H,2-3,6-7,9,16H2,1H3. The van der Waals surface area contributed by atoms with E-state index in [4.69, 9.17) is 17.3 Å². The molecule has 4 heteroatoms. The van der Waals surface area contributed by atoms with Crippen molar-refractivity contribution in [3.05, 3.63) is 28.8 Å². The summed E-state index contributed by atoms with van der Waals surface area (Å²) in [6.45, 7) is 3.91. The van der Waals surface area contributed by atoms with Crippen LogP contribution in [0.2, 0.25) is 5.02 Å². The van der Waals surface area contributed by atoms with Gasteiger partial charge in [-0.2, -0.15) is 0 Å². The number of nitrogen functional groups attached to an aromatic ring is 1. The van der Waals surface area contributed by atoms with E-state index in [1.807, 2.05) is 4.90 Å². The van der Waals surface area contributed by atoms with Crippen molar-refractivity contribution in [3.8, 4) is 0 Å². The molecule has 3 nitrogen and oxygen atoms in total. The lowest BCUT2D eigenvalue weighted by molar-refractivity contribution is 0.0786. The fourth-order valence-electron chi connectivity index (χ4n) is 2.50. The lowest BCUT2D eigenvalue weighted by Gasteiger charge is -2.17. The van der Waals surface area contributed by atoms with Crippen molar-refractivity contribution in [2.45, 2.75) is 26.2 Å². The number of benzene rings is 1. The maximum absolute atomic E-state index is 12.3. The summed E-state index contributed by atoms with van der Waals surface area (Å²) in [7, 11) is 0. The number of carbonyl (C=O) groups excluding carboxylic acids is 1. The molecule has 0 saturated carbocycles. The fraction of sp³-hybridized carbons (Fsp3) is 0.500. The maximum Gasteiger partial charge on any atom is 0.253 e. The van der Waals surface area contributed by atoms with Crippen molar-refractivity contribution in [3.63, 3.8) is 0 Å². The van der Waals surface area contributed by atoms with Gasteiger partial charge in [-0.25, -0.2) is 0 Å². The Morgan fingerprint density at radius 3 is 3.00 bits per heavy atom. The number of carbonyl (C=O) groups is 1. The van der Waals surface area contributed by atoms with Gasteiger partial charge >= 0.3 is 0 Å². The summed E-state index contributed by atoms with van der Waals surface area (Å²) < 4.78 is 0. The highest BCUT2D eigenvalue weighted by atomic mass is 35.5. The second-order valence-electron chi connectivity index (χ2n) is 4.93. The first-order valence-electron chi connectivity index (χ1n) is 6.46. The first kappa shape index (κ1) is 13.2. The highest BCUT2D eigenvalue weighted by molar-refractivity contribution is 6.33. The molecule has 0 radical (unpaired) electrons. The average molecular weight is 267 g/mol. The van der Waals surface area contributed by atoms with Gasteiger partial charge in [-0.05, 0) is 37.0 Å². The molecule has 1 saturated heterocycles. The first-order chi connectivity index (χ1) is 8.61. The van der Waals surface area contributed by atoms with Crippen LogP contribution in [0.1, 0.15) is 36.5 Å². The number of anilines is 1. The Hall–Kier alpha value is -1.22. The Morgan fingerprint density at radius 2 is 2.33 bits per heavy atom. The van der Waals surface area contributed by atoms with Crippen molar-refractivity contribution in [2.75, 3.05) is 18.8 Å². The second-order valence-corrected chi connectivity index (χ2v) is 5.34. The van der Waals surface area contributed by atoms with E-state index >= 15 is 0 Å². The quantitative estimate of drug-likeness (QED) is 0.854. The maximum atomic E-state index is 12.3. The van der Waals surface area contributed by atoms with Crippen molar-refractivity contribution in [2.24, 2.45) is 5.92 Å². The number of rotatable bonds is 3. The topological polar surface area (TPSA) is 46.3 Å². The molecule has 1 fully saturated rings. The normalized spacial score (nSPS) is 19.2. The Labute approximate surface area is 113 Å². The zero-order valence-electron chi connectivity index (χ0n) is 10.7. The molecule has 1 aliphatic rings.